The molecular formula is C23H33FN2O5. The van der Waals surface area contributed by atoms with Crippen LogP contribution in [-0.4, -0.2) is 61.2 Å². The Morgan fingerprint density at radius 2 is 2.06 bits per heavy atom. The number of alkyl halides is 1. The number of benzene rings is 1. The van der Waals surface area contributed by atoms with E-state index < -0.39 is 30.6 Å². The van der Waals surface area contributed by atoms with E-state index in [9.17, 15) is 14.0 Å². The molecule has 3 rings (SSSR count). The maximum atomic E-state index is 13.5. The monoisotopic (exact) mass is 436 g/mol. The molecule has 1 aromatic carbocycles. The Bertz CT molecular complexity index is 800. The highest BCUT2D eigenvalue weighted by atomic mass is 19.1. The normalized spacial score (nSPS) is 24.3. The van der Waals surface area contributed by atoms with Gasteiger partial charge in [0.2, 0.25) is 18.6 Å². The number of hydrogen-bond donors (Lipinski definition) is 0. The number of carbonyl (C=O) groups is 2. The van der Waals surface area contributed by atoms with Gasteiger partial charge in [0.1, 0.15) is 5.75 Å². The summed E-state index contributed by atoms with van der Waals surface area (Å²) in [6.07, 6.45) is -0.339. The number of esters is 1. The number of hydrogen-bond acceptors (Lipinski definition) is 6. The molecule has 2 aliphatic heterocycles. The fourth-order valence-electron chi connectivity index (χ4n) is 4.35. The average Bonchev–Trinajstić information content (AvgIpc) is 2.98. The molecular weight excluding hydrogens is 403 g/mol. The van der Waals surface area contributed by atoms with Gasteiger partial charge in [-0.05, 0) is 31.4 Å². The van der Waals surface area contributed by atoms with Crippen LogP contribution in [0.2, 0.25) is 0 Å². The number of piperazine rings is 1. The van der Waals surface area contributed by atoms with Crippen LogP contribution >= 0.6 is 0 Å². The first kappa shape index (κ1) is 23.3. The van der Waals surface area contributed by atoms with Gasteiger partial charge >= 0.3 is 5.97 Å². The first-order valence-electron chi connectivity index (χ1n) is 10.9. The second-order valence-corrected chi connectivity index (χ2v) is 9.17. The van der Waals surface area contributed by atoms with E-state index in [1.54, 1.807) is 26.0 Å². The second kappa shape index (κ2) is 9.42. The number of anilines is 1. The van der Waals surface area contributed by atoms with Crippen LogP contribution in [0, 0.1) is 11.8 Å². The molecule has 7 nitrogen and oxygen atoms in total. The van der Waals surface area contributed by atoms with Gasteiger partial charge in [-0.1, -0.05) is 19.9 Å². The van der Waals surface area contributed by atoms with E-state index in [4.69, 9.17) is 14.2 Å². The van der Waals surface area contributed by atoms with E-state index in [2.05, 4.69) is 4.90 Å². The minimum atomic E-state index is -1.02. The zero-order valence-corrected chi connectivity index (χ0v) is 19.0. The van der Waals surface area contributed by atoms with Crippen molar-refractivity contribution in [2.24, 2.45) is 11.8 Å². The summed E-state index contributed by atoms with van der Waals surface area (Å²) in [5.41, 5.74) is 0.924. The Balaban J connectivity index is 1.72. The zero-order chi connectivity index (χ0) is 22.8. The molecule has 2 fully saturated rings. The Morgan fingerprint density at radius 1 is 1.32 bits per heavy atom. The predicted molar refractivity (Wildman–Crippen MR) is 114 cm³/mol. The van der Waals surface area contributed by atoms with Gasteiger partial charge in [0.25, 0.3) is 0 Å². The molecule has 1 unspecified atom stereocenters. The summed E-state index contributed by atoms with van der Waals surface area (Å²) in [4.78, 5) is 30.0. The second-order valence-electron chi connectivity index (χ2n) is 9.17. The Labute approximate surface area is 183 Å². The number of cyclic esters (lactones) is 1. The molecule has 0 bridgehead atoms. The molecule has 2 heterocycles. The smallest absolute Gasteiger partial charge is 0.338 e. The summed E-state index contributed by atoms with van der Waals surface area (Å²) in [7, 11) is 0. The van der Waals surface area contributed by atoms with Gasteiger partial charge in [0.05, 0.1) is 5.92 Å². The molecule has 8 heteroatoms. The molecule has 3 atom stereocenters. The van der Waals surface area contributed by atoms with Crippen LogP contribution in [-0.2, 0) is 19.1 Å². The van der Waals surface area contributed by atoms with Gasteiger partial charge in [-0.15, -0.1) is 0 Å². The fraction of sp³-hybridized carbons (Fsp3) is 0.652. The molecule has 0 aliphatic carbocycles. The summed E-state index contributed by atoms with van der Waals surface area (Å²) in [5, 5.41) is 0. The lowest BCUT2D eigenvalue weighted by molar-refractivity contribution is -0.163. The van der Waals surface area contributed by atoms with Crippen molar-refractivity contribution in [3.8, 4) is 5.75 Å². The number of rotatable bonds is 7. The zero-order valence-electron chi connectivity index (χ0n) is 19.0. The maximum Gasteiger partial charge on any atom is 0.338 e. The van der Waals surface area contributed by atoms with Gasteiger partial charge in [-0.25, -0.2) is 9.18 Å². The van der Waals surface area contributed by atoms with Crippen molar-refractivity contribution in [2.45, 2.75) is 59.0 Å². The van der Waals surface area contributed by atoms with E-state index in [1.807, 2.05) is 37.8 Å². The SMILES string of the molecule is CC(C)CC(C(=O)N1CCN(c2cccc(OCF)c2)C[C@H]1C)[C@@H]1OC(C)(C)OC1=O. The molecule has 0 aromatic heterocycles. The Morgan fingerprint density at radius 3 is 2.65 bits per heavy atom. The third-order valence-corrected chi connectivity index (χ3v) is 5.71. The quantitative estimate of drug-likeness (QED) is 0.611. The first-order valence-corrected chi connectivity index (χ1v) is 10.9. The van der Waals surface area contributed by atoms with Crippen LogP contribution in [0.1, 0.15) is 41.0 Å². The lowest BCUT2D eigenvalue weighted by Gasteiger charge is -2.42. The van der Waals surface area contributed by atoms with Crippen LogP contribution in [0.3, 0.4) is 0 Å². The summed E-state index contributed by atoms with van der Waals surface area (Å²) in [6, 6.07) is 7.22. The summed E-state index contributed by atoms with van der Waals surface area (Å²) < 4.78 is 28.6. The van der Waals surface area contributed by atoms with E-state index in [0.717, 1.165) is 5.69 Å². The third kappa shape index (κ3) is 5.47. The van der Waals surface area contributed by atoms with Crippen molar-refractivity contribution in [3.63, 3.8) is 0 Å². The molecule has 31 heavy (non-hydrogen) atoms. The van der Waals surface area contributed by atoms with Gasteiger partial charge in [-0.2, -0.15) is 0 Å². The standard InChI is InChI=1S/C23H33FN2O5/c1-15(2)11-19(20-22(28)31-23(4,5)30-20)21(27)26-10-9-25(13-16(26)3)17-7-6-8-18(12-17)29-14-24/h6-8,12,15-16,19-20H,9-11,13-14H2,1-5H3/t16-,19?,20+/m1/s1. The highest BCUT2D eigenvalue weighted by Gasteiger charge is 2.49. The van der Waals surface area contributed by atoms with Crippen molar-refractivity contribution in [2.75, 3.05) is 31.4 Å². The molecule has 172 valence electrons. The lowest BCUT2D eigenvalue weighted by atomic mass is 9.90. The molecule has 0 spiro atoms. The molecule has 2 aliphatic rings. The average molecular weight is 437 g/mol. The highest BCUT2D eigenvalue weighted by Crippen LogP contribution is 2.33. The maximum absolute atomic E-state index is 13.5. The number of amides is 1. The number of nitrogens with zero attached hydrogens (tertiary/aromatic N) is 2. The first-order chi connectivity index (χ1) is 14.6. The molecule has 0 saturated carbocycles. The van der Waals surface area contributed by atoms with Crippen molar-refractivity contribution in [1.29, 1.82) is 0 Å². The molecule has 1 aromatic rings. The van der Waals surface area contributed by atoms with Gasteiger partial charge < -0.3 is 24.0 Å². The topological polar surface area (TPSA) is 68.3 Å². The largest absolute Gasteiger partial charge is 0.463 e. The summed E-state index contributed by atoms with van der Waals surface area (Å²) in [6.45, 7) is 10.3. The van der Waals surface area contributed by atoms with Crippen molar-refractivity contribution in [1.82, 2.24) is 4.90 Å². The predicted octanol–water partition coefficient (Wildman–Crippen LogP) is 3.37. The van der Waals surface area contributed by atoms with Crippen LogP contribution in [0.5, 0.6) is 5.75 Å². The Kier molecular flexibility index (Phi) is 7.09. The third-order valence-electron chi connectivity index (χ3n) is 5.71. The van der Waals surface area contributed by atoms with Crippen molar-refractivity contribution >= 4 is 17.6 Å². The molecule has 2 saturated heterocycles. The van der Waals surface area contributed by atoms with Crippen LogP contribution in [0.25, 0.3) is 0 Å². The van der Waals surface area contributed by atoms with E-state index >= 15 is 0 Å². The number of ether oxygens (including phenoxy) is 3. The molecule has 0 N–H and O–H groups in total. The van der Waals surface area contributed by atoms with E-state index in [0.29, 0.717) is 31.8 Å². The van der Waals surface area contributed by atoms with Gasteiger partial charge in [0, 0.05) is 51.3 Å². The molecule has 0 radical (unpaired) electrons. The highest BCUT2D eigenvalue weighted by molar-refractivity contribution is 5.88. The number of carbonyl (C=O) groups excluding carboxylic acids is 2. The van der Waals surface area contributed by atoms with Crippen molar-refractivity contribution in [3.05, 3.63) is 24.3 Å². The Hall–Kier alpha value is -2.35. The minimum absolute atomic E-state index is 0.0629. The van der Waals surface area contributed by atoms with Gasteiger partial charge in [0.15, 0.2) is 6.10 Å². The van der Waals surface area contributed by atoms with Gasteiger partial charge in [-0.3, -0.25) is 4.79 Å². The van der Waals surface area contributed by atoms with Crippen LogP contribution in [0.15, 0.2) is 24.3 Å². The fourth-order valence-corrected chi connectivity index (χ4v) is 4.35. The van der Waals surface area contributed by atoms with Crippen molar-refractivity contribution < 1.29 is 28.2 Å². The summed E-state index contributed by atoms with van der Waals surface area (Å²) in [5.74, 6) is -1.44. The minimum Gasteiger partial charge on any atom is -0.463 e. The van der Waals surface area contributed by atoms with E-state index in [1.165, 1.54) is 0 Å². The lowest BCUT2D eigenvalue weighted by Crippen LogP contribution is -2.57. The van der Waals surface area contributed by atoms with Crippen LogP contribution < -0.4 is 9.64 Å². The molecule has 1 amide bonds. The van der Waals surface area contributed by atoms with E-state index in [-0.39, 0.29) is 17.9 Å². The summed E-state index contributed by atoms with van der Waals surface area (Å²) >= 11 is 0. The van der Waals surface area contributed by atoms with Crippen LogP contribution in [0.4, 0.5) is 10.1 Å². The number of halogens is 1.